The van der Waals surface area contributed by atoms with Crippen LogP contribution in [0.3, 0.4) is 0 Å². The first-order valence-corrected chi connectivity index (χ1v) is 7.00. The van der Waals surface area contributed by atoms with Crippen LogP contribution in [0.1, 0.15) is 24.8 Å². The second-order valence-electron chi connectivity index (χ2n) is 5.66. The molecule has 21 heavy (non-hydrogen) atoms. The van der Waals surface area contributed by atoms with Gasteiger partial charge < -0.3 is 10.0 Å². The molecule has 0 aromatic heterocycles. The number of nitro groups is 1. The minimum absolute atomic E-state index is 0.0202. The largest absolute Gasteiger partial charge is 0.478 e. The van der Waals surface area contributed by atoms with Gasteiger partial charge in [-0.2, -0.15) is 0 Å². The molecule has 110 valence electrons. The molecule has 0 spiro atoms. The quantitative estimate of drug-likeness (QED) is 0.523. The van der Waals surface area contributed by atoms with Crippen LogP contribution < -0.4 is 4.90 Å². The van der Waals surface area contributed by atoms with E-state index in [1.807, 2.05) is 0 Å². The van der Waals surface area contributed by atoms with E-state index in [0.717, 1.165) is 24.7 Å². The van der Waals surface area contributed by atoms with Gasteiger partial charge in [-0.25, -0.2) is 4.79 Å². The van der Waals surface area contributed by atoms with Gasteiger partial charge in [0.1, 0.15) is 0 Å². The third-order valence-electron chi connectivity index (χ3n) is 4.35. The zero-order valence-corrected chi connectivity index (χ0v) is 11.4. The lowest BCUT2D eigenvalue weighted by molar-refractivity contribution is -0.384. The third kappa shape index (κ3) is 2.61. The van der Waals surface area contributed by atoms with Gasteiger partial charge in [-0.3, -0.25) is 10.1 Å². The fourth-order valence-electron chi connectivity index (χ4n) is 3.43. The van der Waals surface area contributed by atoms with Gasteiger partial charge in [-0.1, -0.05) is 0 Å². The van der Waals surface area contributed by atoms with Crippen molar-refractivity contribution < 1.29 is 14.8 Å². The maximum atomic E-state index is 10.9. The Kier molecular flexibility index (Phi) is 3.37. The summed E-state index contributed by atoms with van der Waals surface area (Å²) in [6.45, 7) is 0.955. The molecule has 1 saturated carbocycles. The molecule has 2 bridgehead atoms. The maximum Gasteiger partial charge on any atom is 0.328 e. The molecule has 2 aliphatic rings. The van der Waals surface area contributed by atoms with Gasteiger partial charge in [0.05, 0.1) is 4.92 Å². The lowest BCUT2D eigenvalue weighted by Crippen LogP contribution is -2.32. The number of hydrogen-bond acceptors (Lipinski definition) is 4. The number of carboxylic acid groups (broad SMARTS) is 1. The van der Waals surface area contributed by atoms with Crippen LogP contribution in [0.4, 0.5) is 11.4 Å². The number of rotatable bonds is 4. The molecule has 2 atom stereocenters. The summed E-state index contributed by atoms with van der Waals surface area (Å²) in [5.74, 6) is -0.364. The van der Waals surface area contributed by atoms with Crippen molar-refractivity contribution >= 4 is 23.4 Å². The minimum Gasteiger partial charge on any atom is -0.478 e. The second kappa shape index (κ2) is 5.20. The van der Waals surface area contributed by atoms with Crippen molar-refractivity contribution in [2.24, 2.45) is 5.92 Å². The summed E-state index contributed by atoms with van der Waals surface area (Å²) in [5.41, 5.74) is 1.47. The van der Waals surface area contributed by atoms with Crippen molar-refractivity contribution in [3.05, 3.63) is 40.0 Å². The highest BCUT2D eigenvalue weighted by atomic mass is 16.6. The highest BCUT2D eigenvalue weighted by Gasteiger charge is 2.38. The fourth-order valence-corrected chi connectivity index (χ4v) is 3.43. The Bertz CT molecular complexity index is 626. The molecule has 6 heteroatoms. The van der Waals surface area contributed by atoms with E-state index in [0.29, 0.717) is 17.5 Å². The van der Waals surface area contributed by atoms with Crippen LogP contribution in [-0.2, 0) is 4.79 Å². The van der Waals surface area contributed by atoms with E-state index in [2.05, 4.69) is 4.90 Å². The van der Waals surface area contributed by atoms with E-state index in [1.165, 1.54) is 31.1 Å². The molecule has 1 saturated heterocycles. The number of nitrogens with zero attached hydrogens (tertiary/aromatic N) is 2. The number of carboxylic acids is 1. The Labute approximate surface area is 121 Å². The van der Waals surface area contributed by atoms with E-state index in [-0.39, 0.29) is 5.69 Å². The Hall–Kier alpha value is -2.37. The lowest BCUT2D eigenvalue weighted by atomic mass is 10.1. The first-order chi connectivity index (χ1) is 10.0. The molecular weight excluding hydrogens is 272 g/mol. The molecule has 2 unspecified atom stereocenters. The Morgan fingerprint density at radius 2 is 2.24 bits per heavy atom. The zero-order chi connectivity index (χ0) is 15.0. The van der Waals surface area contributed by atoms with Gasteiger partial charge in [0.2, 0.25) is 0 Å². The number of fused-ring (bicyclic) bond motifs is 2. The predicted octanol–water partition coefficient (Wildman–Crippen LogP) is 2.68. The van der Waals surface area contributed by atoms with E-state index >= 15 is 0 Å². The van der Waals surface area contributed by atoms with Gasteiger partial charge in [0.15, 0.2) is 0 Å². The molecule has 1 aliphatic heterocycles. The molecule has 1 aromatic rings. The molecule has 0 radical (unpaired) electrons. The van der Waals surface area contributed by atoms with Crippen LogP contribution in [0.2, 0.25) is 0 Å². The number of nitro benzene ring substituents is 1. The molecule has 3 rings (SSSR count). The van der Waals surface area contributed by atoms with Crippen LogP contribution in [-0.4, -0.2) is 28.6 Å². The maximum absolute atomic E-state index is 10.9. The number of carbonyl (C=O) groups is 1. The average Bonchev–Trinajstić information content (AvgIpc) is 3.07. The van der Waals surface area contributed by atoms with Gasteiger partial charge in [-0.15, -0.1) is 0 Å². The smallest absolute Gasteiger partial charge is 0.328 e. The molecule has 2 fully saturated rings. The molecule has 1 N–H and O–H groups in total. The number of non-ortho nitro benzene ring substituents is 1. The summed E-state index contributed by atoms with van der Waals surface area (Å²) in [5, 5.41) is 19.7. The SMILES string of the molecule is O=C(O)C=Cc1cc([N+](=O)[O-])ccc1N1CC2CCC1C2. The second-order valence-corrected chi connectivity index (χ2v) is 5.66. The normalized spacial score (nSPS) is 23.9. The molecule has 1 aliphatic carbocycles. The Balaban J connectivity index is 1.98. The van der Waals surface area contributed by atoms with Crippen molar-refractivity contribution in [2.75, 3.05) is 11.4 Å². The molecule has 0 amide bonds. The van der Waals surface area contributed by atoms with Gasteiger partial charge in [0, 0.05) is 42.0 Å². The molecule has 1 heterocycles. The highest BCUT2D eigenvalue weighted by Crippen LogP contribution is 2.42. The van der Waals surface area contributed by atoms with Crippen molar-refractivity contribution in [2.45, 2.75) is 25.3 Å². The van der Waals surface area contributed by atoms with Crippen LogP contribution in [0.25, 0.3) is 6.08 Å². The minimum atomic E-state index is -1.06. The van der Waals surface area contributed by atoms with Crippen LogP contribution in [0.15, 0.2) is 24.3 Å². The van der Waals surface area contributed by atoms with E-state index < -0.39 is 10.9 Å². The van der Waals surface area contributed by atoms with Crippen molar-refractivity contribution in [3.63, 3.8) is 0 Å². The first-order valence-electron chi connectivity index (χ1n) is 7.00. The van der Waals surface area contributed by atoms with E-state index in [9.17, 15) is 14.9 Å². The van der Waals surface area contributed by atoms with Gasteiger partial charge in [0.25, 0.3) is 5.69 Å². The monoisotopic (exact) mass is 288 g/mol. The zero-order valence-electron chi connectivity index (χ0n) is 11.4. The lowest BCUT2D eigenvalue weighted by Gasteiger charge is -2.30. The van der Waals surface area contributed by atoms with E-state index in [4.69, 9.17) is 5.11 Å². The van der Waals surface area contributed by atoms with Crippen LogP contribution in [0.5, 0.6) is 0 Å². The number of benzene rings is 1. The summed E-state index contributed by atoms with van der Waals surface area (Å²) in [7, 11) is 0. The number of anilines is 1. The Morgan fingerprint density at radius 3 is 2.81 bits per heavy atom. The first kappa shape index (κ1) is 13.6. The summed E-state index contributed by atoms with van der Waals surface area (Å²) in [6.07, 6.45) is 6.02. The topological polar surface area (TPSA) is 83.7 Å². The predicted molar refractivity (Wildman–Crippen MR) is 78.2 cm³/mol. The molecule has 6 nitrogen and oxygen atoms in total. The van der Waals surface area contributed by atoms with Gasteiger partial charge in [-0.05, 0) is 37.3 Å². The van der Waals surface area contributed by atoms with Crippen molar-refractivity contribution in [1.29, 1.82) is 0 Å². The summed E-state index contributed by atoms with van der Waals surface area (Å²) in [4.78, 5) is 23.4. The standard InChI is InChI=1S/C15H16N2O4/c18-15(19)6-2-11-8-13(17(20)21)4-5-14(11)16-9-10-1-3-12(16)7-10/h2,4-6,8,10,12H,1,3,7,9H2,(H,18,19). The highest BCUT2D eigenvalue weighted by molar-refractivity contribution is 5.87. The van der Waals surface area contributed by atoms with E-state index in [1.54, 1.807) is 6.07 Å². The number of piperidine rings is 1. The third-order valence-corrected chi connectivity index (χ3v) is 4.35. The summed E-state index contributed by atoms with van der Waals surface area (Å²) >= 11 is 0. The summed E-state index contributed by atoms with van der Waals surface area (Å²) < 4.78 is 0. The molecular formula is C15H16N2O4. The summed E-state index contributed by atoms with van der Waals surface area (Å²) in [6, 6.07) is 5.15. The van der Waals surface area contributed by atoms with Crippen molar-refractivity contribution in [3.8, 4) is 0 Å². The number of hydrogen-bond donors (Lipinski definition) is 1. The average molecular weight is 288 g/mol. The molecule has 1 aromatic carbocycles. The van der Waals surface area contributed by atoms with Crippen LogP contribution in [0, 0.1) is 16.0 Å². The fraction of sp³-hybridized carbons (Fsp3) is 0.400. The van der Waals surface area contributed by atoms with Crippen LogP contribution >= 0.6 is 0 Å². The van der Waals surface area contributed by atoms with Crippen molar-refractivity contribution in [1.82, 2.24) is 0 Å². The Morgan fingerprint density at radius 1 is 1.43 bits per heavy atom. The number of aliphatic carboxylic acids is 1. The van der Waals surface area contributed by atoms with Gasteiger partial charge >= 0.3 is 5.97 Å².